The van der Waals surface area contributed by atoms with Gasteiger partial charge in [-0.15, -0.1) is 0 Å². The fourth-order valence-corrected chi connectivity index (χ4v) is 7.55. The molecule has 1 aliphatic heterocycles. The minimum absolute atomic E-state index is 0.0408. The lowest BCUT2D eigenvalue weighted by Crippen LogP contribution is -2.41. The highest BCUT2D eigenvalue weighted by atomic mass is 28.4. The van der Waals surface area contributed by atoms with Crippen LogP contribution in [0.15, 0.2) is 85.2 Å². The number of aromatic nitrogens is 4. The lowest BCUT2D eigenvalue weighted by molar-refractivity contribution is -0.114. The Morgan fingerprint density at radius 1 is 0.875 bits per heavy atom. The van der Waals surface area contributed by atoms with Gasteiger partial charge in [0.25, 0.3) is 0 Å². The van der Waals surface area contributed by atoms with Crippen molar-refractivity contribution in [2.24, 2.45) is 0 Å². The number of amides is 1. The predicted octanol–water partition coefficient (Wildman–Crippen LogP) is 5.86. The zero-order valence-electron chi connectivity index (χ0n) is 33.1. The van der Waals surface area contributed by atoms with Crippen molar-refractivity contribution in [2.75, 3.05) is 44.6 Å². The third-order valence-electron chi connectivity index (χ3n) is 10.6. The van der Waals surface area contributed by atoms with Gasteiger partial charge in [-0.05, 0) is 59.1 Å². The van der Waals surface area contributed by atoms with Crippen LogP contribution in [0.4, 0.5) is 11.8 Å². The molecule has 14 nitrogen and oxygen atoms in total. The molecule has 2 aromatic heterocycles. The number of rotatable bonds is 15. The molecule has 15 heteroatoms. The highest BCUT2D eigenvalue weighted by molar-refractivity contribution is 6.74. The number of aliphatic hydroxyl groups excluding tert-OH is 2. The van der Waals surface area contributed by atoms with E-state index >= 15 is 0 Å². The quantitative estimate of drug-likeness (QED) is 0.0567. The van der Waals surface area contributed by atoms with E-state index in [1.807, 2.05) is 78.9 Å². The van der Waals surface area contributed by atoms with Crippen molar-refractivity contribution >= 4 is 37.2 Å². The maximum atomic E-state index is 12.1. The Bertz CT molecular complexity index is 2040. The van der Waals surface area contributed by atoms with Crippen LogP contribution in [0, 0.1) is 0 Å². The molecule has 5 aromatic rings. The molecule has 1 saturated heterocycles. The number of anilines is 2. The van der Waals surface area contributed by atoms with Crippen molar-refractivity contribution < 1.29 is 38.4 Å². The summed E-state index contributed by atoms with van der Waals surface area (Å²) in [4.78, 5) is 25.7. The average molecular weight is 785 g/mol. The molecule has 1 amide bonds. The zero-order valence-corrected chi connectivity index (χ0v) is 34.1. The number of hydrogen-bond donors (Lipinski definition) is 4. The van der Waals surface area contributed by atoms with Crippen LogP contribution in [0.5, 0.6) is 11.5 Å². The Morgan fingerprint density at radius 2 is 1.46 bits per heavy atom. The molecule has 3 heterocycles. The molecule has 298 valence electrons. The van der Waals surface area contributed by atoms with E-state index < -0.39 is 38.5 Å². The standard InChI is InChI=1S/C41H52N6O8Si/c1-26(48)44-39-45-36(42-22-23-54-56(7,8)40(2,3)4)33-37(46-39)47(25-43-33)38-35(50)34(49)32(55-38)24-53-41(27-12-10-9-11-13-27,28-14-18-30(51-5)19-15-28)29-16-20-31(52-6)21-17-29/h9-21,25,32,34-35,38,49-50H,22-24H2,1-8H3,(H2,42,44,45,46,48)/t32-,34-,35-,38-/m1/s1. The summed E-state index contributed by atoms with van der Waals surface area (Å²) < 4.78 is 32.2. The minimum atomic E-state index is -1.99. The monoisotopic (exact) mass is 784 g/mol. The van der Waals surface area contributed by atoms with Gasteiger partial charge in [-0.1, -0.05) is 75.4 Å². The van der Waals surface area contributed by atoms with Gasteiger partial charge in [0.05, 0.1) is 33.8 Å². The van der Waals surface area contributed by atoms with Gasteiger partial charge < -0.3 is 38.9 Å². The van der Waals surface area contributed by atoms with Crippen LogP contribution in [0.3, 0.4) is 0 Å². The summed E-state index contributed by atoms with van der Waals surface area (Å²) in [7, 11) is 1.23. The second kappa shape index (κ2) is 16.7. The highest BCUT2D eigenvalue weighted by Crippen LogP contribution is 2.43. The summed E-state index contributed by atoms with van der Waals surface area (Å²) in [6, 6.07) is 25.0. The lowest BCUT2D eigenvalue weighted by Gasteiger charge is -2.37. The molecular weight excluding hydrogens is 733 g/mol. The van der Waals surface area contributed by atoms with E-state index in [4.69, 9.17) is 23.4 Å². The van der Waals surface area contributed by atoms with E-state index in [1.54, 1.807) is 14.2 Å². The van der Waals surface area contributed by atoms with Crippen molar-refractivity contribution in [3.63, 3.8) is 0 Å². The molecule has 0 spiro atoms. The van der Waals surface area contributed by atoms with Gasteiger partial charge in [-0.2, -0.15) is 9.97 Å². The molecule has 1 aliphatic rings. The number of fused-ring (bicyclic) bond motifs is 1. The Balaban J connectivity index is 1.31. The van der Waals surface area contributed by atoms with Crippen LogP contribution in [-0.2, 0) is 24.3 Å². The Labute approximate surface area is 328 Å². The first-order chi connectivity index (χ1) is 26.7. The van der Waals surface area contributed by atoms with E-state index in [-0.39, 0.29) is 29.1 Å². The Kier molecular flexibility index (Phi) is 12.1. The lowest BCUT2D eigenvalue weighted by atomic mass is 9.80. The van der Waals surface area contributed by atoms with Gasteiger partial charge in [-0.3, -0.25) is 14.7 Å². The summed E-state index contributed by atoms with van der Waals surface area (Å²) in [6.07, 6.45) is -3.34. The number of aliphatic hydroxyl groups is 2. The first-order valence-corrected chi connectivity index (χ1v) is 21.5. The SMILES string of the molecule is COc1ccc(C(OC[C@H]2O[C@@H](n3cnc4c(NCCO[Si](C)(C)C(C)(C)C)nc(NC(C)=O)nc43)[C@H](O)[C@@H]2O)(c2ccccc2)c2ccc(OC)cc2)cc1. The van der Waals surface area contributed by atoms with Crippen molar-refractivity contribution in [3.8, 4) is 11.5 Å². The average Bonchev–Trinajstić information content (AvgIpc) is 3.73. The van der Waals surface area contributed by atoms with Crippen LogP contribution in [0.2, 0.25) is 18.1 Å². The number of ether oxygens (including phenoxy) is 4. The Morgan fingerprint density at radius 3 is 2.02 bits per heavy atom. The smallest absolute Gasteiger partial charge is 0.233 e. The van der Waals surface area contributed by atoms with Crippen LogP contribution in [-0.4, -0.2) is 96.2 Å². The fraction of sp³-hybridized carbons (Fsp3) is 0.415. The number of benzene rings is 3. The number of carbonyl (C=O) groups is 1. The van der Waals surface area contributed by atoms with E-state index in [9.17, 15) is 15.0 Å². The second-order valence-electron chi connectivity index (χ2n) is 15.3. The van der Waals surface area contributed by atoms with Crippen molar-refractivity contribution in [1.29, 1.82) is 0 Å². The topological polar surface area (TPSA) is 171 Å². The van der Waals surface area contributed by atoms with Gasteiger partial charge in [0.15, 0.2) is 31.5 Å². The molecule has 0 aliphatic carbocycles. The molecule has 1 fully saturated rings. The number of nitrogens with zero attached hydrogens (tertiary/aromatic N) is 4. The summed E-state index contributed by atoms with van der Waals surface area (Å²) in [6.45, 7) is 13.0. The van der Waals surface area contributed by atoms with E-state index in [1.165, 1.54) is 17.8 Å². The molecule has 0 saturated carbocycles. The molecular formula is C41H52N6O8Si. The summed E-state index contributed by atoms with van der Waals surface area (Å²) in [5.74, 6) is 1.42. The van der Waals surface area contributed by atoms with E-state index in [0.717, 1.165) is 16.7 Å². The summed E-state index contributed by atoms with van der Waals surface area (Å²) in [5, 5.41) is 29.0. The van der Waals surface area contributed by atoms with Gasteiger partial charge in [-0.25, -0.2) is 4.98 Å². The number of imidazole rings is 1. The maximum Gasteiger partial charge on any atom is 0.233 e. The van der Waals surface area contributed by atoms with E-state index in [2.05, 4.69) is 59.5 Å². The molecule has 4 atom stereocenters. The second-order valence-corrected chi connectivity index (χ2v) is 20.1. The molecule has 4 N–H and O–H groups in total. The van der Waals surface area contributed by atoms with Crippen molar-refractivity contribution in [3.05, 3.63) is 102 Å². The number of methoxy groups -OCH3 is 2. The normalized spacial score (nSPS) is 18.9. The van der Waals surface area contributed by atoms with Crippen LogP contribution in [0.1, 0.15) is 50.6 Å². The first kappa shape index (κ1) is 40.8. The molecule has 3 aromatic carbocycles. The Hall–Kier alpha value is -4.90. The summed E-state index contributed by atoms with van der Waals surface area (Å²) >= 11 is 0. The fourth-order valence-electron chi connectivity index (χ4n) is 6.51. The van der Waals surface area contributed by atoms with E-state index in [0.29, 0.717) is 36.0 Å². The molecule has 6 rings (SSSR count). The maximum absolute atomic E-state index is 12.1. The highest BCUT2D eigenvalue weighted by Gasteiger charge is 2.47. The van der Waals surface area contributed by atoms with Gasteiger partial charge in [0, 0.05) is 13.5 Å². The van der Waals surface area contributed by atoms with Crippen LogP contribution in [0.25, 0.3) is 11.2 Å². The molecule has 56 heavy (non-hydrogen) atoms. The zero-order chi connectivity index (χ0) is 40.3. The molecule has 0 bridgehead atoms. The molecule has 0 radical (unpaired) electrons. The number of carbonyl (C=O) groups excluding carboxylic acids is 1. The van der Waals surface area contributed by atoms with Crippen LogP contribution < -0.4 is 20.1 Å². The van der Waals surface area contributed by atoms with Gasteiger partial charge in [0.1, 0.15) is 35.4 Å². The van der Waals surface area contributed by atoms with Crippen LogP contribution >= 0.6 is 0 Å². The minimum Gasteiger partial charge on any atom is -0.497 e. The number of hydrogen-bond acceptors (Lipinski definition) is 12. The molecule has 0 unspecified atom stereocenters. The third-order valence-corrected chi connectivity index (χ3v) is 15.2. The number of nitrogens with one attached hydrogen (secondary N) is 2. The van der Waals surface area contributed by atoms with Gasteiger partial charge >= 0.3 is 0 Å². The third kappa shape index (κ3) is 8.28. The van der Waals surface area contributed by atoms with Crippen molar-refractivity contribution in [1.82, 2.24) is 19.5 Å². The van der Waals surface area contributed by atoms with Gasteiger partial charge in [0.2, 0.25) is 11.9 Å². The predicted molar refractivity (Wildman–Crippen MR) is 215 cm³/mol. The summed E-state index contributed by atoms with van der Waals surface area (Å²) in [5.41, 5.74) is 1.93. The first-order valence-electron chi connectivity index (χ1n) is 18.6. The van der Waals surface area contributed by atoms with Crippen molar-refractivity contribution in [2.45, 2.75) is 76.0 Å². The largest absolute Gasteiger partial charge is 0.497 e.